The summed E-state index contributed by atoms with van der Waals surface area (Å²) in [5.74, 6) is -2.30. The number of carbonyl (C=O) groups is 3. The summed E-state index contributed by atoms with van der Waals surface area (Å²) >= 11 is 0. The minimum atomic E-state index is -1.15. The Bertz CT molecular complexity index is 916. The summed E-state index contributed by atoms with van der Waals surface area (Å²) in [5, 5.41) is 5.11. The van der Waals surface area contributed by atoms with Crippen LogP contribution in [-0.4, -0.2) is 37.0 Å². The number of ether oxygens (including phenoxy) is 2. The lowest BCUT2D eigenvalue weighted by Crippen LogP contribution is -2.47. The minimum Gasteiger partial charge on any atom is -0.496 e. The van der Waals surface area contributed by atoms with E-state index in [4.69, 9.17) is 9.47 Å². The van der Waals surface area contributed by atoms with Crippen LogP contribution in [0.3, 0.4) is 0 Å². The number of anilines is 1. The van der Waals surface area contributed by atoms with Crippen molar-refractivity contribution in [2.24, 2.45) is 5.92 Å². The van der Waals surface area contributed by atoms with Gasteiger partial charge in [-0.25, -0.2) is 9.18 Å². The van der Waals surface area contributed by atoms with Gasteiger partial charge in [-0.1, -0.05) is 32.0 Å². The Morgan fingerprint density at radius 2 is 1.70 bits per heavy atom. The summed E-state index contributed by atoms with van der Waals surface area (Å²) in [6.45, 7) is 4.88. The molecule has 2 amide bonds. The lowest BCUT2D eigenvalue weighted by Gasteiger charge is -2.23. The summed E-state index contributed by atoms with van der Waals surface area (Å²) in [6.07, 6.45) is -1.15. The molecular formula is C22H25FN2O5. The topological polar surface area (TPSA) is 93.7 Å². The van der Waals surface area contributed by atoms with Crippen molar-refractivity contribution in [1.29, 1.82) is 0 Å². The lowest BCUT2D eigenvalue weighted by molar-refractivity contribution is -0.156. The zero-order valence-electron chi connectivity index (χ0n) is 17.3. The maximum atomic E-state index is 13.3. The number of methoxy groups -OCH3 is 1. The smallest absolute Gasteiger partial charge is 0.329 e. The van der Waals surface area contributed by atoms with E-state index in [2.05, 4.69) is 10.6 Å². The van der Waals surface area contributed by atoms with Crippen molar-refractivity contribution in [2.45, 2.75) is 32.9 Å². The van der Waals surface area contributed by atoms with E-state index in [1.165, 1.54) is 32.2 Å². The van der Waals surface area contributed by atoms with Gasteiger partial charge in [0, 0.05) is 5.69 Å². The number of carbonyl (C=O) groups excluding carboxylic acids is 3. The Morgan fingerprint density at radius 3 is 2.33 bits per heavy atom. The van der Waals surface area contributed by atoms with Crippen LogP contribution >= 0.6 is 0 Å². The summed E-state index contributed by atoms with van der Waals surface area (Å²) in [5.41, 5.74) is 0.517. The zero-order chi connectivity index (χ0) is 22.3. The normalized spacial score (nSPS) is 12.6. The highest BCUT2D eigenvalue weighted by molar-refractivity contribution is 6.00. The van der Waals surface area contributed by atoms with Crippen LogP contribution in [0.25, 0.3) is 0 Å². The summed E-state index contributed by atoms with van der Waals surface area (Å²) < 4.78 is 23.7. The number of rotatable bonds is 8. The fraction of sp³-hybridized carbons (Fsp3) is 0.318. The van der Waals surface area contributed by atoms with Crippen molar-refractivity contribution >= 4 is 23.5 Å². The van der Waals surface area contributed by atoms with Crippen molar-refractivity contribution in [2.75, 3.05) is 12.4 Å². The van der Waals surface area contributed by atoms with Crippen molar-refractivity contribution in [3.63, 3.8) is 0 Å². The van der Waals surface area contributed by atoms with Gasteiger partial charge in [-0.05, 0) is 43.2 Å². The molecule has 2 aromatic carbocycles. The molecule has 0 radical (unpaired) electrons. The van der Waals surface area contributed by atoms with Crippen LogP contribution in [0.1, 0.15) is 31.1 Å². The molecule has 0 bridgehead atoms. The van der Waals surface area contributed by atoms with E-state index in [1.807, 2.05) is 0 Å². The minimum absolute atomic E-state index is 0.243. The molecular weight excluding hydrogens is 391 g/mol. The van der Waals surface area contributed by atoms with E-state index >= 15 is 0 Å². The van der Waals surface area contributed by atoms with Crippen LogP contribution in [-0.2, 0) is 14.3 Å². The van der Waals surface area contributed by atoms with Gasteiger partial charge in [0.25, 0.3) is 11.8 Å². The fourth-order valence-corrected chi connectivity index (χ4v) is 2.66. The van der Waals surface area contributed by atoms with Crippen molar-refractivity contribution < 1.29 is 28.2 Å². The molecule has 7 nitrogen and oxygen atoms in total. The quantitative estimate of drug-likeness (QED) is 0.645. The highest BCUT2D eigenvalue weighted by atomic mass is 19.1. The second-order valence-electron chi connectivity index (χ2n) is 6.97. The molecule has 160 valence electrons. The van der Waals surface area contributed by atoms with Gasteiger partial charge in [0.1, 0.15) is 17.6 Å². The van der Waals surface area contributed by atoms with Gasteiger partial charge < -0.3 is 20.1 Å². The second kappa shape index (κ2) is 10.4. The SMILES string of the molecule is COc1ccccc1C(=O)N[C@H](C(=O)O[C@H](C)C(=O)Nc1cccc(F)c1)C(C)C. The van der Waals surface area contributed by atoms with E-state index < -0.39 is 35.7 Å². The third kappa shape index (κ3) is 6.04. The van der Waals surface area contributed by atoms with Crippen LogP contribution in [0, 0.1) is 11.7 Å². The molecule has 2 N–H and O–H groups in total. The summed E-state index contributed by atoms with van der Waals surface area (Å²) in [7, 11) is 1.44. The van der Waals surface area contributed by atoms with Gasteiger partial charge in [-0.15, -0.1) is 0 Å². The van der Waals surface area contributed by atoms with Crippen LogP contribution in [0.2, 0.25) is 0 Å². The van der Waals surface area contributed by atoms with Crippen LogP contribution in [0.4, 0.5) is 10.1 Å². The molecule has 0 saturated heterocycles. The van der Waals surface area contributed by atoms with Gasteiger partial charge in [0.15, 0.2) is 6.10 Å². The number of hydrogen-bond acceptors (Lipinski definition) is 5. The molecule has 0 aliphatic heterocycles. The van der Waals surface area contributed by atoms with Crippen LogP contribution in [0.15, 0.2) is 48.5 Å². The van der Waals surface area contributed by atoms with Gasteiger partial charge in [-0.2, -0.15) is 0 Å². The monoisotopic (exact) mass is 416 g/mol. The Labute approximate surface area is 174 Å². The Morgan fingerprint density at radius 1 is 1.00 bits per heavy atom. The van der Waals surface area contributed by atoms with Gasteiger partial charge in [0.2, 0.25) is 0 Å². The third-order valence-corrected chi connectivity index (χ3v) is 4.31. The largest absolute Gasteiger partial charge is 0.496 e. The molecule has 0 unspecified atom stereocenters. The molecule has 30 heavy (non-hydrogen) atoms. The number of esters is 1. The second-order valence-corrected chi connectivity index (χ2v) is 6.97. The third-order valence-electron chi connectivity index (χ3n) is 4.31. The molecule has 0 saturated carbocycles. The zero-order valence-corrected chi connectivity index (χ0v) is 17.3. The fourth-order valence-electron chi connectivity index (χ4n) is 2.66. The van der Waals surface area contributed by atoms with Crippen molar-refractivity contribution in [3.05, 3.63) is 59.9 Å². The van der Waals surface area contributed by atoms with E-state index in [0.717, 1.165) is 6.07 Å². The van der Waals surface area contributed by atoms with E-state index in [-0.39, 0.29) is 17.2 Å². The first-order chi connectivity index (χ1) is 14.2. The maximum Gasteiger partial charge on any atom is 0.329 e. The van der Waals surface area contributed by atoms with Crippen LogP contribution < -0.4 is 15.4 Å². The number of amides is 2. The average Bonchev–Trinajstić information content (AvgIpc) is 2.71. The summed E-state index contributed by atoms with van der Waals surface area (Å²) in [4.78, 5) is 37.5. The first-order valence-corrected chi connectivity index (χ1v) is 9.43. The average molecular weight is 416 g/mol. The molecule has 0 spiro atoms. The highest BCUT2D eigenvalue weighted by Gasteiger charge is 2.30. The molecule has 0 aromatic heterocycles. The lowest BCUT2D eigenvalue weighted by atomic mass is 10.0. The predicted octanol–water partition coefficient (Wildman–Crippen LogP) is 3.16. The summed E-state index contributed by atoms with van der Waals surface area (Å²) in [6, 6.07) is 11.0. The van der Waals surface area contributed by atoms with Crippen molar-refractivity contribution in [3.8, 4) is 5.75 Å². The number of para-hydroxylation sites is 1. The number of benzene rings is 2. The van der Waals surface area contributed by atoms with E-state index in [9.17, 15) is 18.8 Å². The molecule has 0 fully saturated rings. The molecule has 0 aliphatic rings. The van der Waals surface area contributed by atoms with Crippen molar-refractivity contribution in [1.82, 2.24) is 5.32 Å². The molecule has 2 aromatic rings. The first-order valence-electron chi connectivity index (χ1n) is 9.43. The number of halogens is 1. The first kappa shape index (κ1) is 22.9. The Hall–Kier alpha value is -3.42. The molecule has 0 aliphatic carbocycles. The van der Waals surface area contributed by atoms with E-state index in [0.29, 0.717) is 5.75 Å². The highest BCUT2D eigenvalue weighted by Crippen LogP contribution is 2.18. The van der Waals surface area contributed by atoms with Gasteiger partial charge in [-0.3, -0.25) is 9.59 Å². The standard InChI is InChI=1S/C22H25FN2O5/c1-13(2)19(25-21(27)17-10-5-6-11-18(17)29-4)22(28)30-14(3)20(26)24-16-9-7-8-15(23)12-16/h5-14,19H,1-4H3,(H,24,26)(H,25,27)/t14-,19+/m1/s1. The Kier molecular flexibility index (Phi) is 7.91. The maximum absolute atomic E-state index is 13.3. The number of hydrogen-bond donors (Lipinski definition) is 2. The van der Waals surface area contributed by atoms with Gasteiger partial charge >= 0.3 is 5.97 Å². The molecule has 2 atom stereocenters. The molecule has 2 rings (SSSR count). The van der Waals surface area contributed by atoms with E-state index in [1.54, 1.807) is 38.1 Å². The van der Waals surface area contributed by atoms with Crippen LogP contribution in [0.5, 0.6) is 5.75 Å². The molecule has 8 heteroatoms. The van der Waals surface area contributed by atoms with Gasteiger partial charge in [0.05, 0.1) is 12.7 Å². The molecule has 0 heterocycles. The number of nitrogens with one attached hydrogen (secondary N) is 2. The predicted molar refractivity (Wildman–Crippen MR) is 110 cm³/mol. The Balaban J connectivity index is 2.04.